The monoisotopic (exact) mass is 1030 g/mol. The Balaban J connectivity index is 3.42. The first kappa shape index (κ1) is 71.3. The Labute approximate surface area is 456 Å². The minimum atomic E-state index is -0.846. The van der Waals surface area contributed by atoms with Gasteiger partial charge >= 0.3 is 5.97 Å². The lowest BCUT2D eigenvalue weighted by atomic mass is 10.0. The third-order valence-corrected chi connectivity index (χ3v) is 15.5. The van der Waals surface area contributed by atoms with Crippen LogP contribution in [0.25, 0.3) is 0 Å². The Morgan fingerprint density at radius 1 is 0.370 bits per heavy atom. The van der Waals surface area contributed by atoms with E-state index in [9.17, 15) is 19.8 Å². The van der Waals surface area contributed by atoms with E-state index in [1.54, 1.807) is 6.08 Å². The van der Waals surface area contributed by atoms with Crippen LogP contribution in [0.2, 0.25) is 0 Å². The Morgan fingerprint density at radius 3 is 1.01 bits per heavy atom. The van der Waals surface area contributed by atoms with Crippen molar-refractivity contribution >= 4 is 11.9 Å². The van der Waals surface area contributed by atoms with Gasteiger partial charge in [0.15, 0.2) is 0 Å². The number of aliphatic hydroxyl groups excluding tert-OH is 2. The van der Waals surface area contributed by atoms with Crippen LogP contribution in [-0.4, -0.2) is 47.4 Å². The highest BCUT2D eigenvalue weighted by Crippen LogP contribution is 2.18. The van der Waals surface area contributed by atoms with E-state index in [4.69, 9.17) is 4.74 Å². The van der Waals surface area contributed by atoms with Gasteiger partial charge in [-0.05, 0) is 51.4 Å². The molecule has 6 heteroatoms. The van der Waals surface area contributed by atoms with E-state index in [1.807, 2.05) is 6.08 Å². The first-order chi connectivity index (χ1) is 36.0. The largest absolute Gasteiger partial charge is 0.466 e. The summed E-state index contributed by atoms with van der Waals surface area (Å²) in [6.07, 6.45) is 78.1. The van der Waals surface area contributed by atoms with Gasteiger partial charge in [0.1, 0.15) is 0 Å². The molecular weight excluding hydrogens is 899 g/mol. The van der Waals surface area contributed by atoms with E-state index >= 15 is 0 Å². The number of aliphatic hydroxyl groups is 2. The number of nitrogens with one attached hydrogen (secondary N) is 1. The molecule has 2 atom stereocenters. The SMILES string of the molecule is CCCC/C=C\CCCCCCCC(=O)OCCCCCCCCCCCCCCCCCCCCCCCCC(=O)NC(CO)C(O)/C=C/CCCCCCCCCCCCCCCCCCCCCCC. The third-order valence-electron chi connectivity index (χ3n) is 15.5. The zero-order valence-corrected chi connectivity index (χ0v) is 49.4. The minimum absolute atomic E-state index is 0.00216. The molecule has 0 heterocycles. The van der Waals surface area contributed by atoms with Crippen molar-refractivity contribution in [1.82, 2.24) is 5.32 Å². The summed E-state index contributed by atoms with van der Waals surface area (Å²) in [6.45, 7) is 4.89. The van der Waals surface area contributed by atoms with Gasteiger partial charge < -0.3 is 20.3 Å². The molecule has 0 rings (SSSR count). The van der Waals surface area contributed by atoms with Crippen molar-refractivity contribution in [2.24, 2.45) is 0 Å². The highest BCUT2D eigenvalue weighted by molar-refractivity contribution is 5.76. The summed E-state index contributed by atoms with van der Waals surface area (Å²) in [7, 11) is 0. The van der Waals surface area contributed by atoms with Crippen molar-refractivity contribution in [3.8, 4) is 0 Å². The van der Waals surface area contributed by atoms with Crippen LogP contribution >= 0.6 is 0 Å². The molecule has 0 radical (unpaired) electrons. The molecule has 0 aromatic carbocycles. The number of hydrogen-bond acceptors (Lipinski definition) is 5. The standard InChI is InChI=1S/C67H129NO5/c1-3-5-7-9-11-13-15-16-17-18-19-20-21-24-27-30-33-36-40-43-47-51-55-59-65(70)64(63-69)68-66(71)60-56-52-48-44-41-37-34-31-28-25-22-23-26-29-32-35-38-42-46-50-54-58-62-73-67(72)61-57-53-49-45-39-14-12-10-8-6-4-2/h10,12,55,59,64-65,69-70H,3-9,11,13-54,56-58,60-63H2,1-2H3,(H,68,71)/b12-10-,59-55+. The molecule has 73 heavy (non-hydrogen) atoms. The van der Waals surface area contributed by atoms with Crippen LogP contribution < -0.4 is 5.32 Å². The molecule has 0 saturated heterocycles. The van der Waals surface area contributed by atoms with Gasteiger partial charge in [-0.3, -0.25) is 9.59 Å². The molecule has 0 fully saturated rings. The Kier molecular flexibility index (Phi) is 61.4. The predicted molar refractivity (Wildman–Crippen MR) is 320 cm³/mol. The van der Waals surface area contributed by atoms with Crippen molar-refractivity contribution in [1.29, 1.82) is 0 Å². The van der Waals surface area contributed by atoms with Gasteiger partial charge in [-0.25, -0.2) is 0 Å². The van der Waals surface area contributed by atoms with Crippen LogP contribution in [0.15, 0.2) is 24.3 Å². The summed E-state index contributed by atoms with van der Waals surface area (Å²) in [5, 5.41) is 23.2. The molecule has 0 aromatic rings. The van der Waals surface area contributed by atoms with Crippen molar-refractivity contribution in [3.63, 3.8) is 0 Å². The number of amides is 1. The van der Waals surface area contributed by atoms with Crippen LogP contribution in [0.4, 0.5) is 0 Å². The molecule has 0 aliphatic carbocycles. The number of allylic oxidation sites excluding steroid dienone is 3. The molecule has 0 aliphatic heterocycles. The van der Waals surface area contributed by atoms with Crippen LogP contribution in [0.1, 0.15) is 367 Å². The Hall–Kier alpha value is -1.66. The topological polar surface area (TPSA) is 95.9 Å². The lowest BCUT2D eigenvalue weighted by Crippen LogP contribution is -2.45. The molecule has 432 valence electrons. The first-order valence-corrected chi connectivity index (χ1v) is 33.1. The maximum atomic E-state index is 12.5. The maximum Gasteiger partial charge on any atom is 0.305 e. The number of esters is 1. The van der Waals surface area contributed by atoms with E-state index < -0.39 is 12.1 Å². The summed E-state index contributed by atoms with van der Waals surface area (Å²) >= 11 is 0. The lowest BCUT2D eigenvalue weighted by molar-refractivity contribution is -0.143. The fourth-order valence-electron chi connectivity index (χ4n) is 10.4. The van der Waals surface area contributed by atoms with Crippen molar-refractivity contribution in [3.05, 3.63) is 24.3 Å². The number of hydrogen-bond donors (Lipinski definition) is 3. The van der Waals surface area contributed by atoms with Crippen molar-refractivity contribution in [2.75, 3.05) is 13.2 Å². The fraction of sp³-hybridized carbons (Fsp3) is 0.910. The summed E-state index contributed by atoms with van der Waals surface area (Å²) < 4.78 is 5.46. The molecular formula is C67H129NO5. The van der Waals surface area contributed by atoms with E-state index in [2.05, 4.69) is 31.3 Å². The molecule has 2 unspecified atom stereocenters. The zero-order valence-electron chi connectivity index (χ0n) is 49.4. The van der Waals surface area contributed by atoms with Crippen molar-refractivity contribution in [2.45, 2.75) is 379 Å². The van der Waals surface area contributed by atoms with Crippen LogP contribution in [0.3, 0.4) is 0 Å². The van der Waals surface area contributed by atoms with Gasteiger partial charge in [-0.1, -0.05) is 327 Å². The van der Waals surface area contributed by atoms with E-state index in [1.165, 1.54) is 295 Å². The number of ether oxygens (including phenoxy) is 1. The van der Waals surface area contributed by atoms with E-state index in [0.29, 0.717) is 19.4 Å². The molecule has 3 N–H and O–H groups in total. The number of carbonyl (C=O) groups is 2. The number of carbonyl (C=O) groups excluding carboxylic acids is 2. The molecule has 0 bridgehead atoms. The molecule has 0 aliphatic rings. The normalized spacial score (nSPS) is 12.7. The molecule has 6 nitrogen and oxygen atoms in total. The van der Waals surface area contributed by atoms with Crippen LogP contribution in [-0.2, 0) is 14.3 Å². The lowest BCUT2D eigenvalue weighted by Gasteiger charge is -2.20. The summed E-state index contributed by atoms with van der Waals surface area (Å²) in [5.74, 6) is -0.0622. The average molecular weight is 1030 g/mol. The van der Waals surface area contributed by atoms with Gasteiger partial charge in [0, 0.05) is 12.8 Å². The molecule has 1 amide bonds. The highest BCUT2D eigenvalue weighted by atomic mass is 16.5. The maximum absolute atomic E-state index is 12.5. The second-order valence-electron chi connectivity index (χ2n) is 22.8. The van der Waals surface area contributed by atoms with Gasteiger partial charge in [0.2, 0.25) is 5.91 Å². The van der Waals surface area contributed by atoms with Crippen LogP contribution in [0, 0.1) is 0 Å². The fourth-order valence-corrected chi connectivity index (χ4v) is 10.4. The second-order valence-corrected chi connectivity index (χ2v) is 22.8. The zero-order chi connectivity index (χ0) is 52.9. The summed E-state index contributed by atoms with van der Waals surface area (Å²) in [5.41, 5.74) is 0. The number of unbranched alkanes of at least 4 members (excludes halogenated alkanes) is 49. The highest BCUT2D eigenvalue weighted by Gasteiger charge is 2.18. The average Bonchev–Trinajstić information content (AvgIpc) is 3.39. The first-order valence-electron chi connectivity index (χ1n) is 33.1. The molecule has 0 saturated carbocycles. The smallest absolute Gasteiger partial charge is 0.305 e. The summed E-state index contributed by atoms with van der Waals surface area (Å²) in [4.78, 5) is 24.5. The Morgan fingerprint density at radius 2 is 0.658 bits per heavy atom. The van der Waals surface area contributed by atoms with Gasteiger partial charge in [0.05, 0.1) is 25.4 Å². The third kappa shape index (κ3) is 59.4. The van der Waals surface area contributed by atoms with E-state index in [0.717, 1.165) is 44.9 Å². The quantitative estimate of drug-likeness (QED) is 0.0320. The van der Waals surface area contributed by atoms with Gasteiger partial charge in [-0.2, -0.15) is 0 Å². The Bertz CT molecular complexity index is 1140. The van der Waals surface area contributed by atoms with Gasteiger partial charge in [-0.15, -0.1) is 0 Å². The van der Waals surface area contributed by atoms with Gasteiger partial charge in [0.25, 0.3) is 0 Å². The second kappa shape index (κ2) is 62.9. The van der Waals surface area contributed by atoms with Crippen LogP contribution in [0.5, 0.6) is 0 Å². The minimum Gasteiger partial charge on any atom is -0.466 e. The van der Waals surface area contributed by atoms with Crippen molar-refractivity contribution < 1.29 is 24.5 Å². The molecule has 0 spiro atoms. The van der Waals surface area contributed by atoms with E-state index in [-0.39, 0.29) is 18.5 Å². The predicted octanol–water partition coefficient (Wildman–Crippen LogP) is 21.0. The number of rotatable bonds is 62. The summed E-state index contributed by atoms with van der Waals surface area (Å²) in [6, 6.07) is -0.629. The molecule has 0 aromatic heterocycles.